The molecule has 0 radical (unpaired) electrons. The summed E-state index contributed by atoms with van der Waals surface area (Å²) in [6.45, 7) is 1.57. The van der Waals surface area contributed by atoms with Crippen LogP contribution in [0.5, 0.6) is 0 Å². The van der Waals surface area contributed by atoms with E-state index in [9.17, 15) is 13.6 Å². The Balaban J connectivity index is 2.96. The number of carbonyl (C=O) groups is 1. The molecular formula is C11H11ClF2O. The first-order valence-electron chi connectivity index (χ1n) is 4.54. The minimum Gasteiger partial charge on any atom is -0.294 e. The number of benzene rings is 1. The fourth-order valence-corrected chi connectivity index (χ4v) is 1.50. The van der Waals surface area contributed by atoms with Crippen LogP contribution < -0.4 is 0 Å². The molecule has 1 nitrogen and oxygen atoms in total. The monoisotopic (exact) mass is 232 g/mol. The van der Waals surface area contributed by atoms with Gasteiger partial charge in [0.2, 0.25) is 0 Å². The molecule has 1 aromatic carbocycles. The normalized spacial score (nSPS) is 10.7. The summed E-state index contributed by atoms with van der Waals surface area (Å²) >= 11 is 5.43. The van der Waals surface area contributed by atoms with Gasteiger partial charge in [0.1, 0.15) is 0 Å². The van der Waals surface area contributed by atoms with Crippen molar-refractivity contribution in [3.63, 3.8) is 0 Å². The van der Waals surface area contributed by atoms with Gasteiger partial charge in [-0.15, -0.1) is 11.6 Å². The first kappa shape index (κ1) is 12.1. The third-order valence-corrected chi connectivity index (χ3v) is 2.34. The zero-order valence-electron chi connectivity index (χ0n) is 8.27. The maximum absolute atomic E-state index is 12.4. The van der Waals surface area contributed by atoms with Crippen LogP contribution in [0.4, 0.5) is 8.78 Å². The zero-order chi connectivity index (χ0) is 11.4. The van der Waals surface area contributed by atoms with Gasteiger partial charge in [-0.25, -0.2) is 8.78 Å². The molecule has 1 rings (SSSR count). The number of aryl methyl sites for hydroxylation is 1. The second-order valence-corrected chi connectivity index (χ2v) is 3.61. The van der Waals surface area contributed by atoms with Crippen LogP contribution in [0, 0.1) is 6.92 Å². The lowest BCUT2D eigenvalue weighted by molar-refractivity contribution is 0.0988. The number of hydrogen-bond acceptors (Lipinski definition) is 1. The van der Waals surface area contributed by atoms with Gasteiger partial charge in [0.05, 0.1) is 0 Å². The van der Waals surface area contributed by atoms with Gasteiger partial charge in [0.15, 0.2) is 5.78 Å². The summed E-state index contributed by atoms with van der Waals surface area (Å²) in [6, 6.07) is 4.20. The van der Waals surface area contributed by atoms with E-state index in [2.05, 4.69) is 0 Å². The Kier molecular flexibility index (Phi) is 4.21. The van der Waals surface area contributed by atoms with Crippen LogP contribution in [-0.4, -0.2) is 11.7 Å². The van der Waals surface area contributed by atoms with Crippen LogP contribution in [0.3, 0.4) is 0 Å². The van der Waals surface area contributed by atoms with Crippen LogP contribution in [0.25, 0.3) is 0 Å². The van der Waals surface area contributed by atoms with E-state index in [-0.39, 0.29) is 23.6 Å². The molecule has 0 aliphatic carbocycles. The summed E-state index contributed by atoms with van der Waals surface area (Å²) in [5.74, 6) is 0.128. The molecule has 4 heteroatoms. The number of rotatable bonds is 4. The minimum atomic E-state index is -2.50. The Hall–Kier alpha value is -0.960. The highest BCUT2D eigenvalue weighted by Crippen LogP contribution is 2.23. The van der Waals surface area contributed by atoms with Crippen molar-refractivity contribution in [1.29, 1.82) is 0 Å². The molecule has 0 atom stereocenters. The molecule has 82 valence electrons. The fourth-order valence-electron chi connectivity index (χ4n) is 1.32. The van der Waals surface area contributed by atoms with E-state index in [4.69, 9.17) is 11.6 Å². The van der Waals surface area contributed by atoms with Crippen molar-refractivity contribution >= 4 is 17.4 Å². The van der Waals surface area contributed by atoms with Crippen molar-refractivity contribution in [3.05, 3.63) is 34.9 Å². The first-order chi connectivity index (χ1) is 7.06. The van der Waals surface area contributed by atoms with Crippen molar-refractivity contribution in [3.8, 4) is 0 Å². The number of Topliss-reactive ketones (excluding diaryl/α,β-unsaturated/α-hetero) is 1. The Morgan fingerprint density at radius 1 is 1.47 bits per heavy atom. The zero-order valence-corrected chi connectivity index (χ0v) is 9.02. The third-order valence-electron chi connectivity index (χ3n) is 2.15. The molecule has 0 heterocycles. The Morgan fingerprint density at radius 3 is 2.60 bits per heavy atom. The van der Waals surface area contributed by atoms with Gasteiger partial charge in [-0.05, 0) is 18.6 Å². The second-order valence-electron chi connectivity index (χ2n) is 3.23. The molecule has 0 spiro atoms. The highest BCUT2D eigenvalue weighted by Gasteiger charge is 2.12. The van der Waals surface area contributed by atoms with E-state index in [1.54, 1.807) is 6.92 Å². The van der Waals surface area contributed by atoms with E-state index in [1.807, 2.05) is 0 Å². The second kappa shape index (κ2) is 5.21. The maximum atomic E-state index is 12.4. The highest BCUT2D eigenvalue weighted by atomic mass is 35.5. The average molecular weight is 233 g/mol. The standard InChI is InChI=1S/C11H11ClF2O/c1-7-6-8(10(15)4-5-12)2-3-9(7)11(13)14/h2-3,6,11H,4-5H2,1H3. The van der Waals surface area contributed by atoms with E-state index in [0.717, 1.165) is 0 Å². The van der Waals surface area contributed by atoms with E-state index < -0.39 is 6.43 Å². The topological polar surface area (TPSA) is 17.1 Å². The molecule has 0 amide bonds. The van der Waals surface area contributed by atoms with E-state index in [0.29, 0.717) is 11.1 Å². The molecule has 0 aromatic heterocycles. The van der Waals surface area contributed by atoms with Crippen molar-refractivity contribution in [2.24, 2.45) is 0 Å². The van der Waals surface area contributed by atoms with Crippen molar-refractivity contribution in [2.75, 3.05) is 5.88 Å². The van der Waals surface area contributed by atoms with Crippen LogP contribution >= 0.6 is 11.6 Å². The molecule has 1 aromatic rings. The molecule has 0 saturated heterocycles. The predicted molar refractivity (Wildman–Crippen MR) is 55.8 cm³/mol. The van der Waals surface area contributed by atoms with Crippen LogP contribution in [0.15, 0.2) is 18.2 Å². The number of alkyl halides is 3. The number of halogens is 3. The third kappa shape index (κ3) is 2.99. The smallest absolute Gasteiger partial charge is 0.264 e. The van der Waals surface area contributed by atoms with Crippen molar-refractivity contribution in [1.82, 2.24) is 0 Å². The lowest BCUT2D eigenvalue weighted by Crippen LogP contribution is -2.01. The molecule has 0 aliphatic heterocycles. The Bertz CT molecular complexity index is 364. The minimum absolute atomic E-state index is 0.0302. The van der Waals surface area contributed by atoms with Gasteiger partial charge < -0.3 is 0 Å². The van der Waals surface area contributed by atoms with Crippen LogP contribution in [-0.2, 0) is 0 Å². The summed E-state index contributed by atoms with van der Waals surface area (Å²) in [5, 5.41) is 0. The number of hydrogen-bond donors (Lipinski definition) is 0. The van der Waals surface area contributed by atoms with Gasteiger partial charge in [-0.2, -0.15) is 0 Å². The molecule has 0 N–H and O–H groups in total. The molecule has 0 aliphatic rings. The number of ketones is 1. The summed E-state index contributed by atoms with van der Waals surface area (Å²) in [7, 11) is 0. The summed E-state index contributed by atoms with van der Waals surface area (Å²) in [4.78, 5) is 11.4. The van der Waals surface area contributed by atoms with Gasteiger partial charge in [0, 0.05) is 23.4 Å². The van der Waals surface area contributed by atoms with Crippen LogP contribution in [0.2, 0.25) is 0 Å². The molecular weight excluding hydrogens is 222 g/mol. The lowest BCUT2D eigenvalue weighted by atomic mass is 10.0. The SMILES string of the molecule is Cc1cc(C(=O)CCCl)ccc1C(F)F. The van der Waals surface area contributed by atoms with Crippen LogP contribution in [0.1, 0.15) is 34.3 Å². The van der Waals surface area contributed by atoms with Crippen molar-refractivity contribution in [2.45, 2.75) is 19.8 Å². The largest absolute Gasteiger partial charge is 0.294 e. The Labute approximate surface area is 92.1 Å². The highest BCUT2D eigenvalue weighted by molar-refractivity contribution is 6.19. The molecule has 0 bridgehead atoms. The number of carbonyl (C=O) groups excluding carboxylic acids is 1. The molecule has 0 unspecified atom stereocenters. The van der Waals surface area contributed by atoms with Crippen molar-refractivity contribution < 1.29 is 13.6 Å². The van der Waals surface area contributed by atoms with E-state index in [1.165, 1.54) is 18.2 Å². The quantitative estimate of drug-likeness (QED) is 0.571. The molecule has 0 saturated carbocycles. The molecule has 0 fully saturated rings. The summed E-state index contributed by atoms with van der Waals surface area (Å²) < 4.78 is 24.8. The summed E-state index contributed by atoms with van der Waals surface area (Å²) in [5.41, 5.74) is 0.848. The molecule has 15 heavy (non-hydrogen) atoms. The Morgan fingerprint density at radius 2 is 2.13 bits per heavy atom. The first-order valence-corrected chi connectivity index (χ1v) is 5.07. The van der Waals surface area contributed by atoms with E-state index >= 15 is 0 Å². The summed E-state index contributed by atoms with van der Waals surface area (Å²) in [6.07, 6.45) is -2.27. The van der Waals surface area contributed by atoms with Gasteiger partial charge >= 0.3 is 0 Å². The average Bonchev–Trinajstić information content (AvgIpc) is 2.17. The van der Waals surface area contributed by atoms with Gasteiger partial charge in [-0.3, -0.25) is 4.79 Å². The lowest BCUT2D eigenvalue weighted by Gasteiger charge is -2.06. The maximum Gasteiger partial charge on any atom is 0.264 e. The van der Waals surface area contributed by atoms with Gasteiger partial charge in [0.25, 0.3) is 6.43 Å². The van der Waals surface area contributed by atoms with Gasteiger partial charge in [-0.1, -0.05) is 12.1 Å². The fraction of sp³-hybridized carbons (Fsp3) is 0.364. The predicted octanol–water partition coefficient (Wildman–Crippen LogP) is 3.74.